The fraction of sp³-hybridized carbons (Fsp3) is 0. The predicted octanol–water partition coefficient (Wildman–Crippen LogP) is 1.13. The van der Waals surface area contributed by atoms with Gasteiger partial charge in [-0.3, -0.25) is 14.9 Å². The first-order valence-electron chi connectivity index (χ1n) is 4.54. The number of carboxylic acid groups (broad SMARTS) is 1. The van der Waals surface area contributed by atoms with E-state index in [2.05, 4.69) is 4.98 Å². The quantitative estimate of drug-likeness (QED) is 0.597. The Morgan fingerprint density at radius 3 is 2.65 bits per heavy atom. The van der Waals surface area contributed by atoms with Crippen LogP contribution in [-0.2, 0) is 0 Å². The summed E-state index contributed by atoms with van der Waals surface area (Å²) in [4.78, 5) is 34.3. The Morgan fingerprint density at radius 2 is 2.06 bits per heavy atom. The van der Waals surface area contributed by atoms with Crippen LogP contribution in [0.2, 0.25) is 0 Å². The third-order valence-electron chi connectivity index (χ3n) is 2.26. The summed E-state index contributed by atoms with van der Waals surface area (Å²) in [7, 11) is 0. The minimum absolute atomic E-state index is 0.0793. The van der Waals surface area contributed by atoms with Gasteiger partial charge in [-0.25, -0.2) is 4.79 Å². The normalized spacial score (nSPS) is 10.4. The second-order valence-electron chi connectivity index (χ2n) is 3.34. The molecule has 1 aromatic carbocycles. The number of H-pyrrole nitrogens is 1. The highest BCUT2D eigenvalue weighted by molar-refractivity contribution is 6.02. The zero-order chi connectivity index (χ0) is 12.6. The highest BCUT2D eigenvalue weighted by Crippen LogP contribution is 2.22. The number of pyridine rings is 1. The van der Waals surface area contributed by atoms with Crippen LogP contribution in [0.15, 0.2) is 29.1 Å². The van der Waals surface area contributed by atoms with Crippen LogP contribution in [0.25, 0.3) is 10.9 Å². The van der Waals surface area contributed by atoms with Crippen molar-refractivity contribution in [1.82, 2.24) is 4.98 Å². The van der Waals surface area contributed by atoms with Crippen molar-refractivity contribution in [2.45, 2.75) is 0 Å². The molecule has 0 unspecified atom stereocenters. The van der Waals surface area contributed by atoms with Gasteiger partial charge in [0.15, 0.2) is 0 Å². The summed E-state index contributed by atoms with van der Waals surface area (Å²) in [6.45, 7) is 0. The molecule has 0 fully saturated rings. The molecule has 0 aliphatic carbocycles. The number of carbonyl (C=O) groups is 1. The fourth-order valence-corrected chi connectivity index (χ4v) is 1.52. The van der Waals surface area contributed by atoms with E-state index < -0.39 is 16.5 Å². The van der Waals surface area contributed by atoms with Crippen molar-refractivity contribution >= 4 is 22.6 Å². The van der Waals surface area contributed by atoms with E-state index in [1.54, 1.807) is 0 Å². The van der Waals surface area contributed by atoms with E-state index in [-0.39, 0.29) is 16.8 Å². The SMILES string of the molecule is O=C(O)c1cc([N+](=O)[O-])cc2ccc(=O)[nH]c12. The Labute approximate surface area is 93.5 Å². The number of hydrogen-bond donors (Lipinski definition) is 2. The average molecular weight is 234 g/mol. The molecule has 0 atom stereocenters. The summed E-state index contributed by atoms with van der Waals surface area (Å²) >= 11 is 0. The summed E-state index contributed by atoms with van der Waals surface area (Å²) in [6.07, 6.45) is 0. The minimum Gasteiger partial charge on any atom is -0.478 e. The number of benzene rings is 1. The number of nitrogens with zero attached hydrogens (tertiary/aromatic N) is 1. The van der Waals surface area contributed by atoms with E-state index in [0.29, 0.717) is 5.39 Å². The van der Waals surface area contributed by atoms with Gasteiger partial charge in [-0.05, 0) is 6.07 Å². The summed E-state index contributed by atoms with van der Waals surface area (Å²) in [5.41, 5.74) is -1.02. The predicted molar refractivity (Wildman–Crippen MR) is 58.2 cm³/mol. The second-order valence-corrected chi connectivity index (χ2v) is 3.34. The third-order valence-corrected chi connectivity index (χ3v) is 2.26. The van der Waals surface area contributed by atoms with Crippen LogP contribution in [0, 0.1) is 10.1 Å². The molecule has 17 heavy (non-hydrogen) atoms. The first-order valence-corrected chi connectivity index (χ1v) is 4.54. The van der Waals surface area contributed by atoms with Crippen molar-refractivity contribution in [1.29, 1.82) is 0 Å². The van der Waals surface area contributed by atoms with Gasteiger partial charge in [-0.2, -0.15) is 0 Å². The van der Waals surface area contributed by atoms with Gasteiger partial charge in [0, 0.05) is 23.6 Å². The molecule has 1 heterocycles. The summed E-state index contributed by atoms with van der Waals surface area (Å²) in [5, 5.41) is 19.9. The number of aromatic amines is 1. The van der Waals surface area contributed by atoms with Gasteiger partial charge < -0.3 is 10.1 Å². The van der Waals surface area contributed by atoms with Gasteiger partial charge in [0.1, 0.15) is 0 Å². The zero-order valence-electron chi connectivity index (χ0n) is 8.34. The molecule has 0 saturated heterocycles. The number of aromatic nitrogens is 1. The molecule has 2 N–H and O–H groups in total. The van der Waals surface area contributed by atoms with E-state index in [4.69, 9.17) is 5.11 Å². The van der Waals surface area contributed by atoms with E-state index >= 15 is 0 Å². The van der Waals surface area contributed by atoms with E-state index in [0.717, 1.165) is 6.07 Å². The number of nitro groups is 1. The molecular weight excluding hydrogens is 228 g/mol. The number of hydrogen-bond acceptors (Lipinski definition) is 4. The largest absolute Gasteiger partial charge is 0.478 e. The topological polar surface area (TPSA) is 113 Å². The number of nitro benzene ring substituents is 1. The van der Waals surface area contributed by atoms with Crippen molar-refractivity contribution in [3.8, 4) is 0 Å². The third kappa shape index (κ3) is 1.85. The van der Waals surface area contributed by atoms with Crippen molar-refractivity contribution in [3.63, 3.8) is 0 Å². The molecule has 0 spiro atoms. The van der Waals surface area contributed by atoms with Crippen molar-refractivity contribution < 1.29 is 14.8 Å². The van der Waals surface area contributed by atoms with Crippen LogP contribution in [0.1, 0.15) is 10.4 Å². The lowest BCUT2D eigenvalue weighted by Gasteiger charge is -2.02. The standard InChI is InChI=1S/C10H6N2O5/c13-8-2-1-5-3-6(12(16)17)4-7(10(14)15)9(5)11-8/h1-4H,(H,11,13)(H,14,15). The van der Waals surface area contributed by atoms with Crippen LogP contribution in [0.4, 0.5) is 5.69 Å². The maximum Gasteiger partial charge on any atom is 0.338 e. The van der Waals surface area contributed by atoms with Gasteiger partial charge in [-0.1, -0.05) is 0 Å². The summed E-state index contributed by atoms with van der Waals surface area (Å²) in [5.74, 6) is -1.33. The highest BCUT2D eigenvalue weighted by atomic mass is 16.6. The van der Waals surface area contributed by atoms with Crippen LogP contribution in [0.5, 0.6) is 0 Å². The van der Waals surface area contributed by atoms with Crippen molar-refractivity contribution in [2.24, 2.45) is 0 Å². The molecule has 7 nitrogen and oxygen atoms in total. The summed E-state index contributed by atoms with van der Waals surface area (Å²) in [6, 6.07) is 4.64. The molecule has 0 aliphatic rings. The van der Waals surface area contributed by atoms with Crippen molar-refractivity contribution in [2.75, 3.05) is 0 Å². The lowest BCUT2D eigenvalue weighted by atomic mass is 10.1. The smallest absolute Gasteiger partial charge is 0.338 e. The Balaban J connectivity index is 2.90. The molecular formula is C10H6N2O5. The molecule has 2 rings (SSSR count). The van der Waals surface area contributed by atoms with Crippen molar-refractivity contribution in [3.05, 3.63) is 50.3 Å². The number of nitrogens with one attached hydrogen (secondary N) is 1. The molecule has 0 amide bonds. The van der Waals surface area contributed by atoms with Gasteiger partial charge in [0.05, 0.1) is 16.0 Å². The molecule has 7 heteroatoms. The molecule has 2 aromatic rings. The summed E-state index contributed by atoms with van der Waals surface area (Å²) < 4.78 is 0. The molecule has 0 radical (unpaired) electrons. The second kappa shape index (κ2) is 3.71. The first kappa shape index (κ1) is 10.8. The number of fused-ring (bicyclic) bond motifs is 1. The number of rotatable bonds is 2. The van der Waals surface area contributed by atoms with E-state index in [9.17, 15) is 19.7 Å². The maximum absolute atomic E-state index is 11.1. The number of aromatic carboxylic acids is 1. The average Bonchev–Trinajstić information content (AvgIpc) is 2.27. The first-order chi connectivity index (χ1) is 7.99. The minimum atomic E-state index is -1.33. The Bertz CT molecular complexity index is 689. The van der Waals surface area contributed by atoms with Crippen LogP contribution >= 0.6 is 0 Å². The Kier molecular flexibility index (Phi) is 2.36. The highest BCUT2D eigenvalue weighted by Gasteiger charge is 2.16. The zero-order valence-corrected chi connectivity index (χ0v) is 8.34. The number of non-ortho nitro benzene ring substituents is 1. The van der Waals surface area contributed by atoms with Crippen LogP contribution < -0.4 is 5.56 Å². The van der Waals surface area contributed by atoms with E-state index in [1.165, 1.54) is 18.2 Å². The molecule has 86 valence electrons. The molecule has 0 saturated carbocycles. The molecule has 0 bridgehead atoms. The van der Waals surface area contributed by atoms with Crippen LogP contribution in [-0.4, -0.2) is 21.0 Å². The number of carboxylic acids is 1. The lowest BCUT2D eigenvalue weighted by Crippen LogP contribution is -2.07. The fourth-order valence-electron chi connectivity index (χ4n) is 1.52. The van der Waals surface area contributed by atoms with Gasteiger partial charge >= 0.3 is 5.97 Å². The lowest BCUT2D eigenvalue weighted by molar-refractivity contribution is -0.384. The molecule has 1 aromatic heterocycles. The maximum atomic E-state index is 11.1. The van der Waals surface area contributed by atoms with E-state index in [1.807, 2.05) is 0 Å². The van der Waals surface area contributed by atoms with Gasteiger partial charge in [-0.15, -0.1) is 0 Å². The Morgan fingerprint density at radius 1 is 1.35 bits per heavy atom. The van der Waals surface area contributed by atoms with Gasteiger partial charge in [0.2, 0.25) is 5.56 Å². The van der Waals surface area contributed by atoms with Crippen LogP contribution in [0.3, 0.4) is 0 Å². The monoisotopic (exact) mass is 234 g/mol. The molecule has 0 aliphatic heterocycles. The van der Waals surface area contributed by atoms with Gasteiger partial charge in [0.25, 0.3) is 5.69 Å². The Hall–Kier alpha value is -2.70.